The minimum absolute atomic E-state index is 0.0784. The van der Waals surface area contributed by atoms with Crippen molar-refractivity contribution in [1.82, 2.24) is 10.2 Å². The molecule has 1 N–H and O–H groups in total. The molecule has 0 spiro atoms. The second kappa shape index (κ2) is 13.0. The number of carbonyl (C=O) groups excluding carboxylic acids is 2. The first-order valence-corrected chi connectivity index (χ1v) is 12.2. The van der Waals surface area contributed by atoms with Crippen molar-refractivity contribution in [2.24, 2.45) is 0 Å². The number of nitrogens with zero attached hydrogens (tertiary/aromatic N) is 1. The standard InChI is InChI=1S/C29H33ClN2O2/c1-3-4-18-31-29(34)27(19-23-8-6-5-7-9-23)32(21-25-14-16-26(30)17-15-25)28(33)20-24-12-10-22(2)11-13-24/h5-17,27H,3-4,18-21H2,1-2H3,(H,31,34)/t27-/m1/s1. The van der Waals surface area contributed by atoms with Crippen LogP contribution in [0, 0.1) is 6.92 Å². The number of hydrogen-bond acceptors (Lipinski definition) is 2. The average Bonchev–Trinajstić information content (AvgIpc) is 2.84. The van der Waals surface area contributed by atoms with E-state index in [2.05, 4.69) is 12.2 Å². The quantitative estimate of drug-likeness (QED) is 0.358. The van der Waals surface area contributed by atoms with Crippen LogP contribution in [-0.2, 0) is 29.0 Å². The first-order chi connectivity index (χ1) is 16.5. The fraction of sp³-hybridized carbons (Fsp3) is 0.310. The van der Waals surface area contributed by atoms with Crippen molar-refractivity contribution in [1.29, 1.82) is 0 Å². The lowest BCUT2D eigenvalue weighted by Gasteiger charge is -2.32. The SMILES string of the molecule is CCCCNC(=O)[C@@H](Cc1ccccc1)N(Cc1ccc(Cl)cc1)C(=O)Cc1ccc(C)cc1. The number of benzene rings is 3. The maximum atomic E-state index is 13.7. The fourth-order valence-electron chi connectivity index (χ4n) is 3.83. The topological polar surface area (TPSA) is 49.4 Å². The van der Waals surface area contributed by atoms with Crippen LogP contribution < -0.4 is 5.32 Å². The summed E-state index contributed by atoms with van der Waals surface area (Å²) in [4.78, 5) is 28.8. The lowest BCUT2D eigenvalue weighted by molar-refractivity contribution is -0.140. The van der Waals surface area contributed by atoms with Crippen molar-refractivity contribution in [2.45, 2.75) is 52.1 Å². The highest BCUT2D eigenvalue weighted by Crippen LogP contribution is 2.18. The molecular formula is C29H33ClN2O2. The van der Waals surface area contributed by atoms with E-state index in [-0.39, 0.29) is 18.2 Å². The molecule has 0 saturated carbocycles. The number of aryl methyl sites for hydroxylation is 1. The molecule has 3 aromatic rings. The van der Waals surface area contributed by atoms with E-state index in [4.69, 9.17) is 11.6 Å². The molecule has 178 valence electrons. The average molecular weight is 477 g/mol. The van der Waals surface area contributed by atoms with Crippen LogP contribution in [0.2, 0.25) is 5.02 Å². The van der Waals surface area contributed by atoms with E-state index in [9.17, 15) is 9.59 Å². The summed E-state index contributed by atoms with van der Waals surface area (Å²) in [6, 6.07) is 24.6. The van der Waals surface area contributed by atoms with Crippen LogP contribution >= 0.6 is 11.6 Å². The molecule has 0 fully saturated rings. The third kappa shape index (κ3) is 7.74. The molecule has 3 rings (SSSR count). The predicted molar refractivity (Wildman–Crippen MR) is 139 cm³/mol. The lowest BCUT2D eigenvalue weighted by Crippen LogP contribution is -2.51. The Morgan fingerprint density at radius 3 is 2.18 bits per heavy atom. The summed E-state index contributed by atoms with van der Waals surface area (Å²) >= 11 is 6.08. The van der Waals surface area contributed by atoms with Crippen molar-refractivity contribution in [2.75, 3.05) is 6.54 Å². The van der Waals surface area contributed by atoms with Crippen LogP contribution in [0.15, 0.2) is 78.9 Å². The van der Waals surface area contributed by atoms with Crippen LogP contribution in [0.3, 0.4) is 0 Å². The first-order valence-electron chi connectivity index (χ1n) is 11.9. The van der Waals surface area contributed by atoms with Gasteiger partial charge in [0.25, 0.3) is 0 Å². The third-order valence-corrected chi connectivity index (χ3v) is 6.09. The molecule has 1 atom stereocenters. The fourth-order valence-corrected chi connectivity index (χ4v) is 3.95. The molecule has 0 saturated heterocycles. The molecular weight excluding hydrogens is 444 g/mol. The highest BCUT2D eigenvalue weighted by Gasteiger charge is 2.30. The zero-order valence-corrected chi connectivity index (χ0v) is 20.7. The van der Waals surface area contributed by atoms with E-state index in [1.165, 1.54) is 0 Å². The van der Waals surface area contributed by atoms with Gasteiger partial charge in [-0.05, 0) is 42.2 Å². The number of rotatable bonds is 11. The van der Waals surface area contributed by atoms with Gasteiger partial charge in [0.1, 0.15) is 6.04 Å². The van der Waals surface area contributed by atoms with Gasteiger partial charge in [-0.15, -0.1) is 0 Å². The summed E-state index contributed by atoms with van der Waals surface area (Å²) in [5.74, 6) is -0.200. The Morgan fingerprint density at radius 1 is 0.882 bits per heavy atom. The molecule has 0 radical (unpaired) electrons. The first kappa shape index (κ1) is 25.5. The third-order valence-electron chi connectivity index (χ3n) is 5.84. The summed E-state index contributed by atoms with van der Waals surface area (Å²) in [7, 11) is 0. The van der Waals surface area contributed by atoms with Crippen LogP contribution in [0.1, 0.15) is 42.0 Å². The molecule has 2 amide bonds. The zero-order valence-electron chi connectivity index (χ0n) is 20.0. The van der Waals surface area contributed by atoms with Crippen LogP contribution in [0.5, 0.6) is 0 Å². The molecule has 0 aliphatic rings. The second-order valence-corrected chi connectivity index (χ2v) is 9.10. The lowest BCUT2D eigenvalue weighted by atomic mass is 10.0. The van der Waals surface area contributed by atoms with Crippen LogP contribution in [-0.4, -0.2) is 29.3 Å². The Bertz CT molecular complexity index is 1050. The van der Waals surface area contributed by atoms with Crippen molar-refractivity contribution in [3.8, 4) is 0 Å². The normalized spacial score (nSPS) is 11.6. The van der Waals surface area contributed by atoms with Gasteiger partial charge in [-0.3, -0.25) is 9.59 Å². The number of nitrogens with one attached hydrogen (secondary N) is 1. The Kier molecular flexibility index (Phi) is 9.72. The molecule has 0 aromatic heterocycles. The highest BCUT2D eigenvalue weighted by atomic mass is 35.5. The second-order valence-electron chi connectivity index (χ2n) is 8.66. The van der Waals surface area contributed by atoms with E-state index in [1.807, 2.05) is 85.8 Å². The summed E-state index contributed by atoms with van der Waals surface area (Å²) in [5.41, 5.74) is 4.02. The maximum absolute atomic E-state index is 13.7. The van der Waals surface area contributed by atoms with Crippen molar-refractivity contribution in [3.05, 3.63) is 106 Å². The number of carbonyl (C=O) groups is 2. The molecule has 0 bridgehead atoms. The summed E-state index contributed by atoms with van der Waals surface area (Å²) in [6.45, 7) is 5.04. The molecule has 4 nitrogen and oxygen atoms in total. The van der Waals surface area contributed by atoms with Crippen molar-refractivity contribution in [3.63, 3.8) is 0 Å². The molecule has 0 aliphatic carbocycles. The largest absolute Gasteiger partial charge is 0.354 e. The molecule has 3 aromatic carbocycles. The number of hydrogen-bond donors (Lipinski definition) is 1. The van der Waals surface area contributed by atoms with Gasteiger partial charge in [0.2, 0.25) is 11.8 Å². The van der Waals surface area contributed by atoms with Gasteiger partial charge in [-0.1, -0.05) is 97.2 Å². The minimum Gasteiger partial charge on any atom is -0.354 e. The monoisotopic (exact) mass is 476 g/mol. The van der Waals surface area contributed by atoms with Gasteiger partial charge in [-0.2, -0.15) is 0 Å². The zero-order chi connectivity index (χ0) is 24.3. The van der Waals surface area contributed by atoms with E-state index in [0.29, 0.717) is 24.5 Å². The molecule has 0 aliphatic heterocycles. The predicted octanol–water partition coefficient (Wildman–Crippen LogP) is 5.75. The van der Waals surface area contributed by atoms with Gasteiger partial charge in [0, 0.05) is 24.5 Å². The Balaban J connectivity index is 1.92. The van der Waals surface area contributed by atoms with Crippen LogP contribution in [0.4, 0.5) is 0 Å². The summed E-state index contributed by atoms with van der Waals surface area (Å²) in [6.07, 6.45) is 2.58. The summed E-state index contributed by atoms with van der Waals surface area (Å²) < 4.78 is 0. The van der Waals surface area contributed by atoms with E-state index in [0.717, 1.165) is 35.1 Å². The van der Waals surface area contributed by atoms with Crippen LogP contribution in [0.25, 0.3) is 0 Å². The van der Waals surface area contributed by atoms with Gasteiger partial charge >= 0.3 is 0 Å². The van der Waals surface area contributed by atoms with E-state index < -0.39 is 6.04 Å². The number of amides is 2. The molecule has 0 unspecified atom stereocenters. The van der Waals surface area contributed by atoms with E-state index in [1.54, 1.807) is 4.90 Å². The smallest absolute Gasteiger partial charge is 0.243 e. The van der Waals surface area contributed by atoms with Gasteiger partial charge in [0.15, 0.2) is 0 Å². The Hall–Kier alpha value is -3.11. The molecule has 0 heterocycles. The Morgan fingerprint density at radius 2 is 1.53 bits per heavy atom. The minimum atomic E-state index is -0.618. The maximum Gasteiger partial charge on any atom is 0.243 e. The van der Waals surface area contributed by atoms with Crippen molar-refractivity contribution >= 4 is 23.4 Å². The van der Waals surface area contributed by atoms with E-state index >= 15 is 0 Å². The molecule has 5 heteroatoms. The highest BCUT2D eigenvalue weighted by molar-refractivity contribution is 6.30. The van der Waals surface area contributed by atoms with Gasteiger partial charge in [0.05, 0.1) is 6.42 Å². The Labute approximate surface area is 207 Å². The van der Waals surface area contributed by atoms with Gasteiger partial charge in [-0.25, -0.2) is 0 Å². The van der Waals surface area contributed by atoms with Crippen molar-refractivity contribution < 1.29 is 9.59 Å². The number of halogens is 1. The summed E-state index contributed by atoms with van der Waals surface area (Å²) in [5, 5.41) is 3.69. The number of unbranched alkanes of at least 4 members (excludes halogenated alkanes) is 1. The van der Waals surface area contributed by atoms with Gasteiger partial charge < -0.3 is 10.2 Å². The molecule has 34 heavy (non-hydrogen) atoms.